The van der Waals surface area contributed by atoms with Gasteiger partial charge in [0.25, 0.3) is 5.91 Å². The second kappa shape index (κ2) is 8.53. The molecule has 0 radical (unpaired) electrons. The molecule has 0 saturated carbocycles. The number of thioether (sulfide) groups is 1. The van der Waals surface area contributed by atoms with Crippen LogP contribution in [0.15, 0.2) is 78.9 Å². The third-order valence-electron chi connectivity index (χ3n) is 4.93. The first-order valence-corrected chi connectivity index (χ1v) is 10.6. The van der Waals surface area contributed by atoms with Crippen LogP contribution in [0, 0.1) is 6.92 Å². The smallest absolute Gasteiger partial charge is 0.255 e. The van der Waals surface area contributed by atoms with Crippen molar-refractivity contribution in [3.63, 3.8) is 0 Å². The number of rotatable bonds is 5. The predicted molar refractivity (Wildman–Crippen MR) is 118 cm³/mol. The lowest BCUT2D eigenvalue weighted by Gasteiger charge is -2.24. The van der Waals surface area contributed by atoms with Crippen molar-refractivity contribution in [1.29, 1.82) is 0 Å². The van der Waals surface area contributed by atoms with Crippen molar-refractivity contribution in [1.82, 2.24) is 4.90 Å². The minimum absolute atomic E-state index is 0.0306. The van der Waals surface area contributed by atoms with Crippen LogP contribution in [0.3, 0.4) is 0 Å². The third kappa shape index (κ3) is 4.51. The van der Waals surface area contributed by atoms with E-state index in [1.807, 2.05) is 90.7 Å². The first kappa shape index (κ1) is 19.3. The molecule has 1 atom stereocenters. The highest BCUT2D eigenvalue weighted by Crippen LogP contribution is 2.39. The normalized spacial score (nSPS) is 16.1. The van der Waals surface area contributed by atoms with Crippen molar-refractivity contribution in [2.24, 2.45) is 0 Å². The molecule has 0 bridgehead atoms. The molecular formula is C24H22N2O2S. The molecule has 1 fully saturated rings. The minimum atomic E-state index is -0.142. The van der Waals surface area contributed by atoms with E-state index in [2.05, 4.69) is 5.32 Å². The van der Waals surface area contributed by atoms with Crippen LogP contribution in [-0.4, -0.2) is 22.5 Å². The van der Waals surface area contributed by atoms with Crippen LogP contribution < -0.4 is 5.32 Å². The summed E-state index contributed by atoms with van der Waals surface area (Å²) in [5, 5.41) is 2.88. The first-order chi connectivity index (χ1) is 14.1. The maximum atomic E-state index is 12.5. The molecule has 3 aromatic carbocycles. The van der Waals surface area contributed by atoms with Crippen LogP contribution in [0.25, 0.3) is 0 Å². The lowest BCUT2D eigenvalue weighted by atomic mass is 10.1. The van der Waals surface area contributed by atoms with E-state index in [0.29, 0.717) is 17.9 Å². The van der Waals surface area contributed by atoms with Gasteiger partial charge in [-0.25, -0.2) is 0 Å². The maximum absolute atomic E-state index is 12.5. The Labute approximate surface area is 174 Å². The second-order valence-electron chi connectivity index (χ2n) is 7.11. The van der Waals surface area contributed by atoms with E-state index in [1.54, 1.807) is 11.8 Å². The average molecular weight is 403 g/mol. The van der Waals surface area contributed by atoms with Gasteiger partial charge in [0.15, 0.2) is 0 Å². The van der Waals surface area contributed by atoms with Crippen molar-refractivity contribution in [3.05, 3.63) is 101 Å². The fraction of sp³-hybridized carbons (Fsp3) is 0.167. The van der Waals surface area contributed by atoms with Gasteiger partial charge in [-0.15, -0.1) is 11.8 Å². The summed E-state index contributed by atoms with van der Waals surface area (Å²) in [6.45, 7) is 2.60. The summed E-state index contributed by atoms with van der Waals surface area (Å²) in [7, 11) is 0. The van der Waals surface area contributed by atoms with E-state index < -0.39 is 0 Å². The fourth-order valence-electron chi connectivity index (χ4n) is 3.32. The SMILES string of the molecule is Cc1ccc(NC(=O)c2ccc([C@H]3SCC(=O)N3Cc3ccccc3)cc2)cc1. The summed E-state index contributed by atoms with van der Waals surface area (Å²) in [6.07, 6.45) is 0. The number of nitrogens with zero attached hydrogens (tertiary/aromatic N) is 1. The van der Waals surface area contributed by atoms with E-state index >= 15 is 0 Å². The Morgan fingerprint density at radius 2 is 1.69 bits per heavy atom. The standard InChI is InChI=1S/C24H22N2O2S/c1-17-7-13-21(14-8-17)25-23(28)19-9-11-20(12-10-19)24-26(22(27)16-29-24)15-18-5-3-2-4-6-18/h2-14,24H,15-16H2,1H3,(H,25,28)/t24-/m1/s1. The molecule has 2 amide bonds. The van der Waals surface area contributed by atoms with Crippen molar-refractivity contribution < 1.29 is 9.59 Å². The molecule has 1 saturated heterocycles. The number of hydrogen-bond donors (Lipinski definition) is 1. The molecule has 1 N–H and O–H groups in total. The summed E-state index contributed by atoms with van der Waals surface area (Å²) < 4.78 is 0. The van der Waals surface area contributed by atoms with Crippen molar-refractivity contribution in [2.45, 2.75) is 18.8 Å². The number of amides is 2. The number of anilines is 1. The summed E-state index contributed by atoms with van der Waals surface area (Å²) in [4.78, 5) is 26.8. The minimum Gasteiger partial charge on any atom is -0.322 e. The van der Waals surface area contributed by atoms with Gasteiger partial charge in [-0.05, 0) is 42.3 Å². The molecule has 0 unspecified atom stereocenters. The molecule has 4 nitrogen and oxygen atoms in total. The molecule has 1 aliphatic heterocycles. The number of hydrogen-bond acceptors (Lipinski definition) is 3. The maximum Gasteiger partial charge on any atom is 0.255 e. The van der Waals surface area contributed by atoms with Gasteiger partial charge in [0, 0.05) is 17.8 Å². The molecule has 3 aromatic rings. The van der Waals surface area contributed by atoms with E-state index in [0.717, 1.165) is 22.4 Å². The zero-order valence-electron chi connectivity index (χ0n) is 16.2. The zero-order chi connectivity index (χ0) is 20.2. The van der Waals surface area contributed by atoms with Crippen molar-refractivity contribution in [2.75, 3.05) is 11.1 Å². The van der Waals surface area contributed by atoms with E-state index in [1.165, 1.54) is 0 Å². The lowest BCUT2D eigenvalue weighted by Crippen LogP contribution is -2.27. The number of nitrogens with one attached hydrogen (secondary N) is 1. The Morgan fingerprint density at radius 1 is 1.00 bits per heavy atom. The number of aryl methyl sites for hydroxylation is 1. The molecule has 1 heterocycles. The Kier molecular flexibility index (Phi) is 5.67. The molecule has 0 spiro atoms. The van der Waals surface area contributed by atoms with Crippen LogP contribution in [-0.2, 0) is 11.3 Å². The van der Waals surface area contributed by atoms with Gasteiger partial charge in [0.2, 0.25) is 5.91 Å². The highest BCUT2D eigenvalue weighted by atomic mass is 32.2. The highest BCUT2D eigenvalue weighted by Gasteiger charge is 2.32. The lowest BCUT2D eigenvalue weighted by molar-refractivity contribution is -0.128. The fourth-order valence-corrected chi connectivity index (χ4v) is 4.51. The molecule has 1 aliphatic rings. The second-order valence-corrected chi connectivity index (χ2v) is 8.18. The van der Waals surface area contributed by atoms with Gasteiger partial charge < -0.3 is 10.2 Å². The summed E-state index contributed by atoms with van der Waals surface area (Å²) >= 11 is 1.62. The van der Waals surface area contributed by atoms with Crippen LogP contribution >= 0.6 is 11.8 Å². The molecule has 0 aromatic heterocycles. The molecule has 146 valence electrons. The molecule has 5 heteroatoms. The van der Waals surface area contributed by atoms with Gasteiger partial charge in [0.05, 0.1) is 5.75 Å². The predicted octanol–water partition coefficient (Wildman–Crippen LogP) is 5.02. The van der Waals surface area contributed by atoms with Crippen LogP contribution in [0.1, 0.15) is 32.4 Å². The van der Waals surface area contributed by atoms with Crippen LogP contribution in [0.4, 0.5) is 5.69 Å². The zero-order valence-corrected chi connectivity index (χ0v) is 17.0. The average Bonchev–Trinajstić information content (AvgIpc) is 3.11. The van der Waals surface area contributed by atoms with Crippen molar-refractivity contribution >= 4 is 29.3 Å². The largest absolute Gasteiger partial charge is 0.322 e. The quantitative estimate of drug-likeness (QED) is 0.652. The van der Waals surface area contributed by atoms with Gasteiger partial charge in [0.1, 0.15) is 5.37 Å². The Bertz CT molecular complexity index is 1000. The molecule has 0 aliphatic carbocycles. The first-order valence-electron chi connectivity index (χ1n) is 9.53. The Hall–Kier alpha value is -3.05. The van der Waals surface area contributed by atoms with Crippen LogP contribution in [0.2, 0.25) is 0 Å². The topological polar surface area (TPSA) is 49.4 Å². The summed E-state index contributed by atoms with van der Waals surface area (Å²) in [5.41, 5.74) is 4.66. The summed E-state index contributed by atoms with van der Waals surface area (Å²) in [5.74, 6) is 0.481. The number of carbonyl (C=O) groups is 2. The highest BCUT2D eigenvalue weighted by molar-refractivity contribution is 8.00. The van der Waals surface area contributed by atoms with E-state index in [-0.39, 0.29) is 17.2 Å². The van der Waals surface area contributed by atoms with Crippen molar-refractivity contribution in [3.8, 4) is 0 Å². The number of carbonyl (C=O) groups excluding carboxylic acids is 2. The van der Waals surface area contributed by atoms with E-state index in [4.69, 9.17) is 0 Å². The van der Waals surface area contributed by atoms with Gasteiger partial charge in [-0.3, -0.25) is 9.59 Å². The van der Waals surface area contributed by atoms with Gasteiger partial charge >= 0.3 is 0 Å². The third-order valence-corrected chi connectivity index (χ3v) is 6.19. The molecule has 4 rings (SSSR count). The Balaban J connectivity index is 1.47. The van der Waals surface area contributed by atoms with E-state index in [9.17, 15) is 9.59 Å². The monoisotopic (exact) mass is 402 g/mol. The number of benzene rings is 3. The van der Waals surface area contributed by atoms with Gasteiger partial charge in [-0.1, -0.05) is 60.2 Å². The summed E-state index contributed by atoms with van der Waals surface area (Å²) in [6, 6.07) is 25.3. The molecular weight excluding hydrogens is 380 g/mol. The Morgan fingerprint density at radius 3 is 2.38 bits per heavy atom. The molecule has 29 heavy (non-hydrogen) atoms. The van der Waals surface area contributed by atoms with Crippen LogP contribution in [0.5, 0.6) is 0 Å². The van der Waals surface area contributed by atoms with Gasteiger partial charge in [-0.2, -0.15) is 0 Å².